The van der Waals surface area contributed by atoms with Gasteiger partial charge in [0.25, 0.3) is 5.91 Å². The lowest BCUT2D eigenvalue weighted by atomic mass is 10.00. The van der Waals surface area contributed by atoms with Gasteiger partial charge in [-0.3, -0.25) is 4.79 Å². The molecule has 1 aliphatic rings. The molecule has 0 N–H and O–H groups in total. The lowest BCUT2D eigenvalue weighted by molar-refractivity contribution is 0.0622. The molecule has 0 unspecified atom stereocenters. The highest BCUT2D eigenvalue weighted by Gasteiger charge is 2.30. The van der Waals surface area contributed by atoms with Crippen molar-refractivity contribution in [1.29, 1.82) is 0 Å². The van der Waals surface area contributed by atoms with Crippen LogP contribution in [0.3, 0.4) is 0 Å². The normalized spacial score (nSPS) is 17.2. The largest absolute Gasteiger partial charge is 0.342 e. The zero-order valence-corrected chi connectivity index (χ0v) is 17.4. The number of amides is 1. The minimum absolute atomic E-state index is 0.0727. The first kappa shape index (κ1) is 19.4. The highest BCUT2D eigenvalue weighted by molar-refractivity contribution is 9.10. The molecule has 2 heterocycles. The maximum atomic E-state index is 13.1. The van der Waals surface area contributed by atoms with Gasteiger partial charge in [0.1, 0.15) is 0 Å². The molecule has 1 saturated heterocycles. The van der Waals surface area contributed by atoms with E-state index in [1.54, 1.807) is 30.6 Å². The Morgan fingerprint density at radius 1 is 1.31 bits per heavy atom. The van der Waals surface area contributed by atoms with Crippen molar-refractivity contribution in [3.05, 3.63) is 50.7 Å². The standard InChI is InChI=1S/C18H19BrCl2N4O/c1-24(18-22-9-12(19)10-23-18)11-13-5-2-3-8-25(13)17(26)14-6-4-7-15(20)16(14)21/h4,6-7,9-10,13H,2-3,5,8,11H2,1H3/t13-/m0/s1. The second-order valence-corrected chi connectivity index (χ2v) is 8.03. The van der Waals surface area contributed by atoms with Crippen molar-refractivity contribution < 1.29 is 4.79 Å². The van der Waals surface area contributed by atoms with Crippen LogP contribution in [-0.4, -0.2) is 47.0 Å². The molecule has 1 aromatic heterocycles. The van der Waals surface area contributed by atoms with E-state index < -0.39 is 0 Å². The van der Waals surface area contributed by atoms with Gasteiger partial charge in [0.2, 0.25) is 5.95 Å². The summed E-state index contributed by atoms with van der Waals surface area (Å²) in [6.07, 6.45) is 6.44. The van der Waals surface area contributed by atoms with Crippen LogP contribution in [0, 0.1) is 0 Å². The Morgan fingerprint density at radius 3 is 2.77 bits per heavy atom. The number of hydrogen-bond donors (Lipinski definition) is 0. The lowest BCUT2D eigenvalue weighted by Gasteiger charge is -2.38. The van der Waals surface area contributed by atoms with Gasteiger partial charge in [0.05, 0.1) is 20.1 Å². The first-order valence-corrected chi connectivity index (χ1v) is 9.96. The number of hydrogen-bond acceptors (Lipinski definition) is 4. The van der Waals surface area contributed by atoms with Crippen molar-refractivity contribution >= 4 is 51.0 Å². The Kier molecular flexibility index (Phi) is 6.37. The highest BCUT2D eigenvalue weighted by atomic mass is 79.9. The summed E-state index contributed by atoms with van der Waals surface area (Å²) in [6.45, 7) is 1.37. The van der Waals surface area contributed by atoms with Gasteiger partial charge < -0.3 is 9.80 Å². The molecule has 0 saturated carbocycles. The number of likely N-dealkylation sites (N-methyl/N-ethyl adjacent to an activating group) is 1. The Hall–Kier alpha value is -1.37. The van der Waals surface area contributed by atoms with Gasteiger partial charge in [-0.2, -0.15) is 0 Å². The van der Waals surface area contributed by atoms with Gasteiger partial charge in [-0.25, -0.2) is 9.97 Å². The first-order valence-electron chi connectivity index (χ1n) is 8.41. The predicted molar refractivity (Wildman–Crippen MR) is 108 cm³/mol. The zero-order valence-electron chi connectivity index (χ0n) is 14.3. The number of benzene rings is 1. The summed E-state index contributed by atoms with van der Waals surface area (Å²) in [4.78, 5) is 25.6. The number of nitrogens with zero attached hydrogens (tertiary/aromatic N) is 4. The molecule has 0 radical (unpaired) electrons. The van der Waals surface area contributed by atoms with Crippen LogP contribution < -0.4 is 4.90 Å². The average Bonchev–Trinajstić information content (AvgIpc) is 2.64. The Balaban J connectivity index is 1.78. The molecular weight excluding hydrogens is 439 g/mol. The summed E-state index contributed by atoms with van der Waals surface area (Å²) < 4.78 is 0.833. The van der Waals surface area contributed by atoms with Crippen molar-refractivity contribution in [3.8, 4) is 0 Å². The van der Waals surface area contributed by atoms with Crippen LogP contribution >= 0.6 is 39.1 Å². The molecule has 26 heavy (non-hydrogen) atoms. The molecule has 1 amide bonds. The molecule has 0 bridgehead atoms. The predicted octanol–water partition coefficient (Wildman–Crippen LogP) is 4.68. The molecule has 8 heteroatoms. The molecule has 5 nitrogen and oxygen atoms in total. The third-order valence-corrected chi connectivity index (χ3v) is 5.73. The van der Waals surface area contributed by atoms with E-state index in [1.807, 2.05) is 16.8 Å². The van der Waals surface area contributed by atoms with E-state index in [0.717, 1.165) is 23.7 Å². The molecule has 1 fully saturated rings. The van der Waals surface area contributed by atoms with Gasteiger partial charge in [-0.1, -0.05) is 29.3 Å². The van der Waals surface area contributed by atoms with E-state index in [1.165, 1.54) is 0 Å². The number of likely N-dealkylation sites (tertiary alicyclic amines) is 1. The molecule has 3 rings (SSSR count). The number of carbonyl (C=O) groups excluding carboxylic acids is 1. The number of carbonyl (C=O) groups is 1. The smallest absolute Gasteiger partial charge is 0.255 e. The SMILES string of the molecule is CN(C[C@@H]1CCCCN1C(=O)c1cccc(Cl)c1Cl)c1ncc(Br)cn1. The van der Waals surface area contributed by atoms with Crippen LogP contribution in [0.1, 0.15) is 29.6 Å². The Morgan fingerprint density at radius 2 is 2.04 bits per heavy atom. The number of rotatable bonds is 4. The summed E-state index contributed by atoms with van der Waals surface area (Å²) in [5.41, 5.74) is 0.452. The average molecular weight is 458 g/mol. The maximum Gasteiger partial charge on any atom is 0.255 e. The first-order chi connectivity index (χ1) is 12.5. The number of aromatic nitrogens is 2. The quantitative estimate of drug-likeness (QED) is 0.668. The minimum Gasteiger partial charge on any atom is -0.342 e. The van der Waals surface area contributed by atoms with E-state index in [2.05, 4.69) is 25.9 Å². The van der Waals surface area contributed by atoms with Crippen LogP contribution in [0.5, 0.6) is 0 Å². The monoisotopic (exact) mass is 456 g/mol. The molecule has 138 valence electrons. The van der Waals surface area contributed by atoms with Crippen LogP contribution in [0.25, 0.3) is 0 Å². The Bertz CT molecular complexity index is 787. The number of anilines is 1. The van der Waals surface area contributed by atoms with E-state index in [4.69, 9.17) is 23.2 Å². The van der Waals surface area contributed by atoms with Gasteiger partial charge in [0.15, 0.2) is 0 Å². The molecule has 1 aliphatic heterocycles. The molecule has 1 aromatic carbocycles. The Labute approximate surface area is 171 Å². The van der Waals surface area contributed by atoms with E-state index >= 15 is 0 Å². The van der Waals surface area contributed by atoms with Crippen LogP contribution in [0.4, 0.5) is 5.95 Å². The van der Waals surface area contributed by atoms with Crippen molar-refractivity contribution in [2.24, 2.45) is 0 Å². The molecule has 0 spiro atoms. The fourth-order valence-corrected chi connectivity index (χ4v) is 3.77. The third kappa shape index (κ3) is 4.30. The second-order valence-electron chi connectivity index (χ2n) is 6.33. The van der Waals surface area contributed by atoms with Gasteiger partial charge in [0, 0.05) is 38.6 Å². The summed E-state index contributed by atoms with van der Waals surface area (Å²) in [5.74, 6) is 0.555. The molecule has 1 atom stereocenters. The van der Waals surface area contributed by atoms with Crippen molar-refractivity contribution in [2.45, 2.75) is 25.3 Å². The van der Waals surface area contributed by atoms with E-state index in [0.29, 0.717) is 34.6 Å². The highest BCUT2D eigenvalue weighted by Crippen LogP contribution is 2.29. The second kappa shape index (κ2) is 8.55. The number of piperidine rings is 1. The van der Waals surface area contributed by atoms with Crippen LogP contribution in [0.15, 0.2) is 35.1 Å². The summed E-state index contributed by atoms with van der Waals surface area (Å²) in [6, 6.07) is 5.24. The fourth-order valence-electron chi connectivity index (χ4n) is 3.18. The van der Waals surface area contributed by atoms with Crippen molar-refractivity contribution in [1.82, 2.24) is 14.9 Å². The van der Waals surface area contributed by atoms with Crippen LogP contribution in [-0.2, 0) is 0 Å². The molecule has 2 aromatic rings. The van der Waals surface area contributed by atoms with Crippen LogP contribution in [0.2, 0.25) is 10.0 Å². The summed E-state index contributed by atoms with van der Waals surface area (Å²) >= 11 is 15.7. The van der Waals surface area contributed by atoms with Crippen molar-refractivity contribution in [2.75, 3.05) is 25.0 Å². The van der Waals surface area contributed by atoms with E-state index in [-0.39, 0.29) is 11.9 Å². The van der Waals surface area contributed by atoms with Gasteiger partial charge in [-0.15, -0.1) is 0 Å². The zero-order chi connectivity index (χ0) is 18.7. The number of halogens is 3. The van der Waals surface area contributed by atoms with Gasteiger partial charge >= 0.3 is 0 Å². The summed E-state index contributed by atoms with van der Waals surface area (Å²) in [5, 5.41) is 0.708. The topological polar surface area (TPSA) is 49.3 Å². The fraction of sp³-hybridized carbons (Fsp3) is 0.389. The molecular formula is C18H19BrCl2N4O. The maximum absolute atomic E-state index is 13.1. The lowest BCUT2D eigenvalue weighted by Crippen LogP contribution is -2.49. The van der Waals surface area contributed by atoms with E-state index in [9.17, 15) is 4.79 Å². The van der Waals surface area contributed by atoms with Crippen molar-refractivity contribution in [3.63, 3.8) is 0 Å². The summed E-state index contributed by atoms with van der Waals surface area (Å²) in [7, 11) is 1.94. The minimum atomic E-state index is -0.0766. The third-order valence-electron chi connectivity index (χ3n) is 4.50. The van der Waals surface area contributed by atoms with Gasteiger partial charge in [-0.05, 0) is 47.3 Å². The molecule has 0 aliphatic carbocycles.